The fraction of sp³-hybridized carbons (Fsp3) is 0.100. The first-order valence-corrected chi connectivity index (χ1v) is 9.48. The molecule has 0 aliphatic carbocycles. The van der Waals surface area contributed by atoms with Crippen LogP contribution in [0.1, 0.15) is 11.3 Å². The van der Waals surface area contributed by atoms with Crippen molar-refractivity contribution >= 4 is 21.6 Å². The van der Waals surface area contributed by atoms with Crippen LogP contribution in [-0.4, -0.2) is 24.3 Å². The summed E-state index contributed by atoms with van der Waals surface area (Å²) in [6.07, 6.45) is 3.39. The van der Waals surface area contributed by atoms with Crippen molar-refractivity contribution in [2.75, 3.05) is 0 Å². The van der Waals surface area contributed by atoms with Gasteiger partial charge in [0.05, 0.1) is 21.5 Å². The summed E-state index contributed by atoms with van der Waals surface area (Å²) < 4.78 is 3.84. The monoisotopic (exact) mass is 411 g/mol. The van der Waals surface area contributed by atoms with E-state index in [1.165, 1.54) is 22.1 Å². The zero-order chi connectivity index (χ0) is 19.3. The number of hydrogen-bond donors (Lipinski definition) is 0. The summed E-state index contributed by atoms with van der Waals surface area (Å²) in [5, 5.41) is 17.5. The van der Waals surface area contributed by atoms with Crippen LogP contribution in [0.4, 0.5) is 0 Å². The van der Waals surface area contributed by atoms with Gasteiger partial charge < -0.3 is 9.67 Å². The third-order valence-corrected chi connectivity index (χ3v) is 5.70. The molecule has 0 saturated heterocycles. The second kappa shape index (κ2) is 7.72. The van der Waals surface area contributed by atoms with E-state index in [-0.39, 0.29) is 41.0 Å². The Kier molecular flexibility index (Phi) is 5.26. The molecule has 2 aliphatic rings. The number of nitrogens with zero attached hydrogens (tertiary/aromatic N) is 5. The molecule has 7 nitrogen and oxygen atoms in total. The van der Waals surface area contributed by atoms with Gasteiger partial charge in [0.25, 0.3) is 5.56 Å². The SMILES string of the molecule is Cc1c2c(=O)n(-c3nc4ccccc4s3)nc-2cc([O-])n1Cc1cccnc1.[Na+]. The smallest absolute Gasteiger partial charge is 0.860 e. The first kappa shape index (κ1) is 19.8. The molecule has 2 aromatic heterocycles. The summed E-state index contributed by atoms with van der Waals surface area (Å²) in [5.74, 6) is -0.206. The molecular formula is C20H14N5NaO2S. The van der Waals surface area contributed by atoms with Gasteiger partial charge in [0.2, 0.25) is 5.13 Å². The van der Waals surface area contributed by atoms with Crippen molar-refractivity contribution in [3.8, 4) is 22.3 Å². The van der Waals surface area contributed by atoms with Gasteiger partial charge in [0.1, 0.15) is 0 Å². The summed E-state index contributed by atoms with van der Waals surface area (Å²) >= 11 is 1.39. The minimum atomic E-state index is -0.272. The van der Waals surface area contributed by atoms with Gasteiger partial charge in [-0.1, -0.05) is 29.5 Å². The van der Waals surface area contributed by atoms with E-state index in [0.29, 0.717) is 28.6 Å². The average Bonchev–Trinajstić information content (AvgIpc) is 3.27. The number of benzene rings is 1. The number of para-hydroxylation sites is 1. The van der Waals surface area contributed by atoms with Gasteiger partial charge in [-0.2, -0.15) is 9.78 Å². The van der Waals surface area contributed by atoms with Crippen LogP contribution in [0.25, 0.3) is 26.6 Å². The summed E-state index contributed by atoms with van der Waals surface area (Å²) in [4.78, 5) is 21.7. The van der Waals surface area contributed by atoms with Gasteiger partial charge in [-0.15, -0.1) is 0 Å². The molecule has 0 unspecified atom stereocenters. The van der Waals surface area contributed by atoms with E-state index >= 15 is 0 Å². The van der Waals surface area contributed by atoms with E-state index in [2.05, 4.69) is 15.1 Å². The molecule has 0 amide bonds. The van der Waals surface area contributed by atoms with Gasteiger partial charge in [0, 0.05) is 24.6 Å². The first-order chi connectivity index (χ1) is 13.6. The van der Waals surface area contributed by atoms with E-state index in [9.17, 15) is 9.90 Å². The van der Waals surface area contributed by atoms with Crippen molar-refractivity contribution in [2.24, 2.45) is 0 Å². The predicted octanol–water partition coefficient (Wildman–Crippen LogP) is -0.422. The van der Waals surface area contributed by atoms with Crippen LogP contribution in [0.2, 0.25) is 0 Å². The zero-order valence-electron chi connectivity index (χ0n) is 15.9. The molecular weight excluding hydrogens is 397 g/mol. The number of aromatic nitrogens is 5. The van der Waals surface area contributed by atoms with Gasteiger partial charge in [-0.3, -0.25) is 9.78 Å². The standard InChI is InChI=1S/C20H15N5O2S.Na/c1-12-18-15(9-17(26)24(12)11-13-5-4-8-21-10-13)23-25(19(18)27)20-22-14-6-2-3-7-16(14)28-20;/h2-10,26H,11H2,1H3;/q;+1/p-1. The topological polar surface area (TPSA) is 88.7 Å². The minimum absolute atomic E-state index is 0. The number of rotatable bonds is 3. The van der Waals surface area contributed by atoms with Crippen molar-refractivity contribution in [1.29, 1.82) is 0 Å². The number of pyridine rings is 2. The second-order valence-electron chi connectivity index (χ2n) is 6.46. The molecule has 0 saturated carbocycles. The largest absolute Gasteiger partial charge is 1.00 e. The zero-order valence-corrected chi connectivity index (χ0v) is 18.7. The first-order valence-electron chi connectivity index (χ1n) is 8.67. The Bertz CT molecular complexity index is 1310. The maximum Gasteiger partial charge on any atom is 1.00 e. The van der Waals surface area contributed by atoms with Crippen molar-refractivity contribution < 1.29 is 34.7 Å². The van der Waals surface area contributed by atoms with Crippen LogP contribution in [0.15, 0.2) is 59.7 Å². The van der Waals surface area contributed by atoms with E-state index in [1.807, 2.05) is 36.4 Å². The molecule has 29 heavy (non-hydrogen) atoms. The fourth-order valence-electron chi connectivity index (χ4n) is 3.31. The van der Waals surface area contributed by atoms with Crippen LogP contribution < -0.4 is 40.2 Å². The second-order valence-corrected chi connectivity index (χ2v) is 7.47. The minimum Gasteiger partial charge on any atom is -0.860 e. The number of hydrogen-bond acceptors (Lipinski definition) is 6. The molecule has 0 bridgehead atoms. The summed E-state index contributed by atoms with van der Waals surface area (Å²) in [6, 6.07) is 12.8. The molecule has 0 atom stereocenters. The molecule has 138 valence electrons. The van der Waals surface area contributed by atoms with Crippen molar-refractivity contribution in [3.05, 3.63) is 76.5 Å². The van der Waals surface area contributed by atoms with E-state index < -0.39 is 0 Å². The normalized spacial score (nSPS) is 11.1. The number of fused-ring (bicyclic) bond motifs is 2. The Labute approximate surface area is 191 Å². The molecule has 5 rings (SSSR count). The molecule has 0 N–H and O–H groups in total. The van der Waals surface area contributed by atoms with Crippen LogP contribution in [0.3, 0.4) is 0 Å². The van der Waals surface area contributed by atoms with Crippen LogP contribution >= 0.6 is 11.3 Å². The maximum absolute atomic E-state index is 13.1. The Hall–Kier alpha value is -2.52. The van der Waals surface area contributed by atoms with E-state index in [1.54, 1.807) is 23.9 Å². The van der Waals surface area contributed by atoms with Crippen molar-refractivity contribution in [2.45, 2.75) is 13.5 Å². The van der Waals surface area contributed by atoms with Crippen LogP contribution in [0, 0.1) is 6.92 Å². The molecule has 0 fully saturated rings. The van der Waals surface area contributed by atoms with E-state index in [0.717, 1.165) is 15.8 Å². The third-order valence-electron chi connectivity index (χ3n) is 4.69. The molecule has 9 heteroatoms. The Morgan fingerprint density at radius 1 is 1.17 bits per heavy atom. The van der Waals surface area contributed by atoms with Gasteiger partial charge in [-0.25, -0.2) is 4.98 Å². The molecule has 1 aromatic carbocycles. The predicted molar refractivity (Wildman–Crippen MR) is 105 cm³/mol. The molecule has 4 heterocycles. The Morgan fingerprint density at radius 2 is 2.00 bits per heavy atom. The van der Waals surface area contributed by atoms with Gasteiger partial charge in [-0.05, 0) is 42.6 Å². The van der Waals surface area contributed by atoms with E-state index in [4.69, 9.17) is 0 Å². The fourth-order valence-corrected chi connectivity index (χ4v) is 4.22. The van der Waals surface area contributed by atoms with Crippen molar-refractivity contribution in [3.63, 3.8) is 0 Å². The average molecular weight is 411 g/mol. The number of thiazole rings is 1. The summed E-state index contributed by atoms with van der Waals surface area (Å²) in [6.45, 7) is 2.12. The van der Waals surface area contributed by atoms with Gasteiger partial charge in [0.15, 0.2) is 0 Å². The molecule has 0 spiro atoms. The quantitative estimate of drug-likeness (QED) is 0.376. The van der Waals surface area contributed by atoms with Gasteiger partial charge >= 0.3 is 29.6 Å². The van der Waals surface area contributed by atoms with Crippen molar-refractivity contribution in [1.82, 2.24) is 24.3 Å². The maximum atomic E-state index is 13.1. The van der Waals surface area contributed by atoms with Crippen LogP contribution in [-0.2, 0) is 6.54 Å². The third kappa shape index (κ3) is 3.38. The molecule has 2 aliphatic heterocycles. The Balaban J connectivity index is 0.00000205. The Morgan fingerprint density at radius 3 is 2.76 bits per heavy atom. The molecule has 0 radical (unpaired) electrons. The summed E-state index contributed by atoms with van der Waals surface area (Å²) in [7, 11) is 0. The summed E-state index contributed by atoms with van der Waals surface area (Å²) in [5.41, 5.74) is 2.83. The molecule has 3 aromatic rings. The van der Waals surface area contributed by atoms with Crippen LogP contribution in [0.5, 0.6) is 5.88 Å².